The van der Waals surface area contributed by atoms with Crippen molar-refractivity contribution in [2.75, 3.05) is 24.2 Å². The summed E-state index contributed by atoms with van der Waals surface area (Å²) in [5.74, 6) is 0.359. The van der Waals surface area contributed by atoms with E-state index in [1.165, 1.54) is 0 Å². The Bertz CT molecular complexity index is 947. The maximum Gasteiger partial charge on any atom is 0.241 e. The van der Waals surface area contributed by atoms with E-state index in [0.29, 0.717) is 6.42 Å². The predicted octanol–water partition coefficient (Wildman–Crippen LogP) is 3.69. The van der Waals surface area contributed by atoms with Gasteiger partial charge in [-0.15, -0.1) is 0 Å². The first-order valence-corrected chi connectivity index (χ1v) is 11.1. The number of anilines is 1. The Kier molecular flexibility index (Phi) is 7.32. The lowest BCUT2D eigenvalue weighted by molar-refractivity contribution is -0.120. The number of hydrogen-bond acceptors (Lipinski definition) is 4. The molecule has 152 valence electrons. The summed E-state index contributed by atoms with van der Waals surface area (Å²) < 4.78 is 30.7. The van der Waals surface area contributed by atoms with Crippen LogP contribution in [0.25, 0.3) is 0 Å². The minimum atomic E-state index is -3.69. The third kappa shape index (κ3) is 5.39. The maximum absolute atomic E-state index is 12.7. The lowest BCUT2D eigenvalue weighted by Gasteiger charge is -2.25. The molecule has 0 spiro atoms. The monoisotopic (exact) mass is 424 g/mol. The first-order chi connectivity index (χ1) is 13.2. The molecule has 28 heavy (non-hydrogen) atoms. The minimum Gasteiger partial charge on any atom is -0.496 e. The Hall–Kier alpha value is -2.25. The van der Waals surface area contributed by atoms with E-state index < -0.39 is 15.9 Å². The summed E-state index contributed by atoms with van der Waals surface area (Å²) in [5, 5.41) is 3.17. The highest BCUT2D eigenvalue weighted by molar-refractivity contribution is 7.92. The highest BCUT2D eigenvalue weighted by Crippen LogP contribution is 2.27. The highest BCUT2D eigenvalue weighted by Gasteiger charge is 2.24. The molecule has 8 heteroatoms. The van der Waals surface area contributed by atoms with Crippen molar-refractivity contribution in [1.82, 2.24) is 5.32 Å². The van der Waals surface area contributed by atoms with Gasteiger partial charge < -0.3 is 10.1 Å². The van der Waals surface area contributed by atoms with Crippen molar-refractivity contribution in [1.29, 1.82) is 0 Å². The van der Waals surface area contributed by atoms with Crippen LogP contribution in [-0.2, 0) is 14.8 Å². The SMILES string of the molecule is CCC(NC(=O)CN(c1ccccc1Cl)S(C)(=O)=O)c1ccc(OC)c(C)c1. The Labute approximate surface area is 171 Å². The van der Waals surface area contributed by atoms with Crippen LogP contribution in [0.3, 0.4) is 0 Å². The molecule has 0 aliphatic rings. The molecular weight excluding hydrogens is 400 g/mol. The summed E-state index contributed by atoms with van der Waals surface area (Å²) in [4.78, 5) is 12.7. The van der Waals surface area contributed by atoms with Crippen LogP contribution in [0.1, 0.15) is 30.5 Å². The van der Waals surface area contributed by atoms with Crippen LogP contribution >= 0.6 is 11.6 Å². The first kappa shape index (κ1) is 22.0. The molecule has 0 heterocycles. The molecule has 2 aromatic rings. The molecule has 0 aliphatic carbocycles. The van der Waals surface area contributed by atoms with Crippen LogP contribution < -0.4 is 14.4 Å². The van der Waals surface area contributed by atoms with E-state index >= 15 is 0 Å². The van der Waals surface area contributed by atoms with Crippen LogP contribution in [0, 0.1) is 6.92 Å². The summed E-state index contributed by atoms with van der Waals surface area (Å²) in [5.41, 5.74) is 2.16. The average Bonchev–Trinajstić information content (AvgIpc) is 2.64. The van der Waals surface area contributed by atoms with E-state index in [0.717, 1.165) is 27.4 Å². The number of aryl methyl sites for hydroxylation is 1. The van der Waals surface area contributed by atoms with Gasteiger partial charge in [-0.25, -0.2) is 8.42 Å². The summed E-state index contributed by atoms with van der Waals surface area (Å²) in [6, 6.07) is 12.0. The van der Waals surface area contributed by atoms with Gasteiger partial charge in [-0.3, -0.25) is 9.10 Å². The van der Waals surface area contributed by atoms with Gasteiger partial charge in [0.15, 0.2) is 0 Å². The normalized spacial score (nSPS) is 12.3. The number of sulfonamides is 1. The van der Waals surface area contributed by atoms with Gasteiger partial charge in [0.1, 0.15) is 12.3 Å². The van der Waals surface area contributed by atoms with Crippen LogP contribution in [-0.4, -0.2) is 34.2 Å². The van der Waals surface area contributed by atoms with Gasteiger partial charge in [-0.05, 0) is 42.7 Å². The van der Waals surface area contributed by atoms with Crippen molar-refractivity contribution in [2.24, 2.45) is 0 Å². The molecule has 0 bridgehead atoms. The predicted molar refractivity (Wildman–Crippen MR) is 113 cm³/mol. The van der Waals surface area contributed by atoms with Crippen LogP contribution in [0.15, 0.2) is 42.5 Å². The van der Waals surface area contributed by atoms with Crippen molar-refractivity contribution in [3.8, 4) is 5.75 Å². The molecule has 0 saturated heterocycles. The molecule has 0 aliphatic heterocycles. The number of benzene rings is 2. The maximum atomic E-state index is 12.7. The Balaban J connectivity index is 2.21. The van der Waals surface area contributed by atoms with Crippen molar-refractivity contribution in [2.45, 2.75) is 26.3 Å². The van der Waals surface area contributed by atoms with Gasteiger partial charge in [0, 0.05) is 0 Å². The summed E-state index contributed by atoms with van der Waals surface area (Å²) in [6.07, 6.45) is 1.70. The number of hydrogen-bond donors (Lipinski definition) is 1. The summed E-state index contributed by atoms with van der Waals surface area (Å²) in [7, 11) is -2.08. The van der Waals surface area contributed by atoms with E-state index in [9.17, 15) is 13.2 Å². The number of carbonyl (C=O) groups excluding carboxylic acids is 1. The third-order valence-electron chi connectivity index (χ3n) is 4.37. The molecule has 2 rings (SSSR count). The number of methoxy groups -OCH3 is 1. The van der Waals surface area contributed by atoms with E-state index in [1.807, 2.05) is 32.0 Å². The fourth-order valence-corrected chi connectivity index (χ4v) is 4.10. The van der Waals surface area contributed by atoms with E-state index in [2.05, 4.69) is 5.32 Å². The van der Waals surface area contributed by atoms with Crippen molar-refractivity contribution < 1.29 is 17.9 Å². The molecule has 1 atom stereocenters. The molecule has 6 nitrogen and oxygen atoms in total. The number of rotatable bonds is 8. The van der Waals surface area contributed by atoms with Gasteiger partial charge in [-0.2, -0.15) is 0 Å². The number of amides is 1. The lowest BCUT2D eigenvalue weighted by Crippen LogP contribution is -2.41. The smallest absolute Gasteiger partial charge is 0.241 e. The second-order valence-electron chi connectivity index (χ2n) is 6.48. The molecule has 1 N–H and O–H groups in total. The number of carbonyl (C=O) groups is 1. The van der Waals surface area contributed by atoms with Crippen molar-refractivity contribution in [3.05, 3.63) is 58.6 Å². The third-order valence-corrected chi connectivity index (χ3v) is 5.82. The number of ether oxygens (including phenoxy) is 1. The summed E-state index contributed by atoms with van der Waals surface area (Å²) >= 11 is 6.13. The van der Waals surface area contributed by atoms with E-state index in [-0.39, 0.29) is 23.3 Å². The topological polar surface area (TPSA) is 75.7 Å². The Morgan fingerprint density at radius 3 is 2.46 bits per heavy atom. The zero-order chi connectivity index (χ0) is 20.9. The number of para-hydroxylation sites is 1. The van der Waals surface area contributed by atoms with Crippen molar-refractivity contribution >= 4 is 33.2 Å². The Morgan fingerprint density at radius 2 is 1.93 bits per heavy atom. The minimum absolute atomic E-state index is 0.246. The van der Waals surface area contributed by atoms with Crippen LogP contribution in [0.2, 0.25) is 5.02 Å². The molecule has 0 radical (unpaired) electrons. The van der Waals surface area contributed by atoms with E-state index in [1.54, 1.807) is 31.4 Å². The van der Waals surface area contributed by atoms with Crippen molar-refractivity contribution in [3.63, 3.8) is 0 Å². The molecule has 1 unspecified atom stereocenters. The lowest BCUT2D eigenvalue weighted by atomic mass is 10.0. The highest BCUT2D eigenvalue weighted by atomic mass is 35.5. The molecule has 0 aromatic heterocycles. The fourth-order valence-electron chi connectivity index (χ4n) is 2.94. The van der Waals surface area contributed by atoms with Gasteiger partial charge in [0.2, 0.25) is 15.9 Å². The van der Waals surface area contributed by atoms with E-state index in [4.69, 9.17) is 16.3 Å². The van der Waals surface area contributed by atoms with Gasteiger partial charge in [0.25, 0.3) is 0 Å². The van der Waals surface area contributed by atoms with Crippen LogP contribution in [0.4, 0.5) is 5.69 Å². The molecule has 2 aromatic carbocycles. The number of halogens is 1. The molecule has 0 fully saturated rings. The molecular formula is C20H25ClN2O4S. The number of nitrogens with one attached hydrogen (secondary N) is 1. The Morgan fingerprint density at radius 1 is 1.25 bits per heavy atom. The zero-order valence-electron chi connectivity index (χ0n) is 16.4. The largest absolute Gasteiger partial charge is 0.496 e. The zero-order valence-corrected chi connectivity index (χ0v) is 18.0. The average molecular weight is 425 g/mol. The first-order valence-electron chi connectivity index (χ1n) is 8.83. The fraction of sp³-hybridized carbons (Fsp3) is 0.350. The second-order valence-corrected chi connectivity index (χ2v) is 8.79. The molecule has 1 amide bonds. The second kappa shape index (κ2) is 9.30. The quantitative estimate of drug-likeness (QED) is 0.701. The standard InChI is InChI=1S/C20H25ClN2O4S/c1-5-17(15-10-11-19(27-3)14(2)12-15)22-20(24)13-23(28(4,25)26)18-9-7-6-8-16(18)21/h6-12,17H,5,13H2,1-4H3,(H,22,24). The van der Waals surface area contributed by atoms with Gasteiger partial charge in [-0.1, -0.05) is 42.8 Å². The summed E-state index contributed by atoms with van der Waals surface area (Å²) in [6.45, 7) is 3.53. The van der Waals surface area contributed by atoms with Crippen LogP contribution in [0.5, 0.6) is 5.75 Å². The van der Waals surface area contributed by atoms with Gasteiger partial charge >= 0.3 is 0 Å². The number of nitrogens with zero attached hydrogens (tertiary/aromatic N) is 1. The molecule has 0 saturated carbocycles. The van der Waals surface area contributed by atoms with Gasteiger partial charge in [0.05, 0.1) is 30.1 Å².